The summed E-state index contributed by atoms with van der Waals surface area (Å²) in [6.45, 7) is 3.99. The molecule has 0 saturated heterocycles. The lowest BCUT2D eigenvalue weighted by Gasteiger charge is -2.15. The highest BCUT2D eigenvalue weighted by molar-refractivity contribution is 5.53. The van der Waals surface area contributed by atoms with Crippen molar-refractivity contribution in [2.45, 2.75) is 32.9 Å². The maximum Gasteiger partial charge on any atom is 0.169 e. The highest BCUT2D eigenvalue weighted by atomic mass is 19.1. The van der Waals surface area contributed by atoms with Crippen LogP contribution < -0.4 is 0 Å². The van der Waals surface area contributed by atoms with Crippen LogP contribution in [-0.4, -0.2) is 39.2 Å². The number of hydrogen-bond acceptors (Lipinski definition) is 6. The van der Waals surface area contributed by atoms with Gasteiger partial charge in [-0.25, -0.2) is 19.3 Å². The first-order valence-corrected chi connectivity index (χ1v) is 8.59. The molecule has 1 atom stereocenters. The number of aryl methyl sites for hydroxylation is 1. The first-order chi connectivity index (χ1) is 13.1. The van der Waals surface area contributed by atoms with Crippen molar-refractivity contribution in [2.24, 2.45) is 0 Å². The lowest BCUT2D eigenvalue weighted by Crippen LogP contribution is -2.12. The molecule has 4 heterocycles. The van der Waals surface area contributed by atoms with Crippen LogP contribution in [0.2, 0.25) is 0 Å². The number of imidazole rings is 1. The summed E-state index contributed by atoms with van der Waals surface area (Å²) in [4.78, 5) is 12.8. The molecule has 0 bridgehead atoms. The fraction of sp³-hybridized carbons (Fsp3) is 0.278. The van der Waals surface area contributed by atoms with Gasteiger partial charge in [-0.15, -0.1) is 10.2 Å². The van der Waals surface area contributed by atoms with Crippen molar-refractivity contribution in [3.05, 3.63) is 59.9 Å². The summed E-state index contributed by atoms with van der Waals surface area (Å²) >= 11 is 0. The van der Waals surface area contributed by atoms with E-state index in [0.29, 0.717) is 41.5 Å². The van der Waals surface area contributed by atoms with Crippen LogP contribution in [-0.2, 0) is 6.54 Å². The second-order valence-corrected chi connectivity index (χ2v) is 6.18. The molecule has 4 aromatic heterocycles. The Balaban J connectivity index is 1.82. The molecule has 4 rings (SSSR count). The number of hydrogen-bond donors (Lipinski definition) is 1. The van der Waals surface area contributed by atoms with Crippen molar-refractivity contribution < 1.29 is 9.50 Å². The van der Waals surface area contributed by atoms with E-state index in [1.54, 1.807) is 27.7 Å². The number of aliphatic hydroxyl groups excluding tert-OH is 1. The first kappa shape index (κ1) is 17.2. The third-order valence-corrected chi connectivity index (χ3v) is 4.47. The van der Waals surface area contributed by atoms with Gasteiger partial charge in [-0.3, -0.25) is 4.40 Å². The molecule has 8 nitrogen and oxygen atoms in total. The van der Waals surface area contributed by atoms with E-state index in [2.05, 4.69) is 25.1 Å². The van der Waals surface area contributed by atoms with Gasteiger partial charge in [-0.1, -0.05) is 6.92 Å². The zero-order chi connectivity index (χ0) is 19.0. The Kier molecular flexibility index (Phi) is 4.36. The highest BCUT2D eigenvalue weighted by Crippen LogP contribution is 2.26. The van der Waals surface area contributed by atoms with Gasteiger partial charge in [0.05, 0.1) is 18.3 Å². The predicted octanol–water partition coefficient (Wildman–Crippen LogP) is 2.32. The fourth-order valence-corrected chi connectivity index (χ4v) is 3.05. The van der Waals surface area contributed by atoms with Crippen LogP contribution in [0.5, 0.6) is 0 Å². The minimum Gasteiger partial charge on any atom is -0.388 e. The van der Waals surface area contributed by atoms with Crippen LogP contribution in [0.25, 0.3) is 17.2 Å². The maximum atomic E-state index is 14.2. The molecular formula is C18H18FN7O. The maximum absolute atomic E-state index is 14.2. The number of aliphatic hydroxyl groups is 1. The molecule has 0 saturated carbocycles. The topological polar surface area (TPSA) is 94.0 Å². The smallest absolute Gasteiger partial charge is 0.169 e. The normalized spacial score (nSPS) is 12.6. The number of pyridine rings is 1. The standard InChI is InChI=1S/C18H18FN7O/c1-3-14(27)15-13(22-10-26-11(2)23-24-17(15)26)9-25-8-7-21-18(25)16-12(19)5-4-6-20-16/h4-8,10,14,27H,3,9H2,1-2H3. The molecule has 0 radical (unpaired) electrons. The number of fused-ring (bicyclic) bond motifs is 1. The van der Waals surface area contributed by atoms with Gasteiger partial charge in [0.1, 0.15) is 17.8 Å². The Hall–Kier alpha value is -3.20. The summed E-state index contributed by atoms with van der Waals surface area (Å²) in [5.74, 6) is 0.632. The van der Waals surface area contributed by atoms with Gasteiger partial charge in [0.2, 0.25) is 0 Å². The third kappa shape index (κ3) is 2.95. The van der Waals surface area contributed by atoms with E-state index >= 15 is 0 Å². The van der Waals surface area contributed by atoms with E-state index in [1.807, 2.05) is 13.8 Å². The van der Waals surface area contributed by atoms with Gasteiger partial charge in [0.25, 0.3) is 0 Å². The molecule has 138 valence electrons. The van der Waals surface area contributed by atoms with Gasteiger partial charge < -0.3 is 9.67 Å². The molecule has 27 heavy (non-hydrogen) atoms. The Labute approximate surface area is 154 Å². The number of aromatic nitrogens is 7. The van der Waals surface area contributed by atoms with Crippen molar-refractivity contribution in [3.63, 3.8) is 0 Å². The van der Waals surface area contributed by atoms with Crippen LogP contribution in [0.15, 0.2) is 37.1 Å². The van der Waals surface area contributed by atoms with Gasteiger partial charge in [0.15, 0.2) is 17.3 Å². The van der Waals surface area contributed by atoms with E-state index in [9.17, 15) is 9.50 Å². The summed E-state index contributed by atoms with van der Waals surface area (Å²) in [5, 5.41) is 18.8. The average molecular weight is 367 g/mol. The van der Waals surface area contributed by atoms with E-state index in [0.717, 1.165) is 0 Å². The molecule has 9 heteroatoms. The van der Waals surface area contributed by atoms with Gasteiger partial charge in [0, 0.05) is 24.2 Å². The molecular weight excluding hydrogens is 349 g/mol. The van der Waals surface area contributed by atoms with E-state index in [-0.39, 0.29) is 5.69 Å². The van der Waals surface area contributed by atoms with Gasteiger partial charge in [-0.2, -0.15) is 0 Å². The van der Waals surface area contributed by atoms with Crippen molar-refractivity contribution >= 4 is 5.65 Å². The summed E-state index contributed by atoms with van der Waals surface area (Å²) in [5.41, 5.74) is 1.97. The van der Waals surface area contributed by atoms with Crippen LogP contribution >= 0.6 is 0 Å². The second-order valence-electron chi connectivity index (χ2n) is 6.18. The zero-order valence-electron chi connectivity index (χ0n) is 14.9. The van der Waals surface area contributed by atoms with Gasteiger partial charge in [-0.05, 0) is 25.5 Å². The Bertz CT molecular complexity index is 1100. The monoisotopic (exact) mass is 367 g/mol. The second kappa shape index (κ2) is 6.84. The number of rotatable bonds is 5. The molecule has 0 spiro atoms. The number of halogens is 1. The summed E-state index contributed by atoms with van der Waals surface area (Å²) in [6.07, 6.45) is 6.23. The minimum atomic E-state index is -0.738. The quantitative estimate of drug-likeness (QED) is 0.582. The number of nitrogens with zero attached hydrogens (tertiary/aromatic N) is 7. The molecule has 4 aromatic rings. The highest BCUT2D eigenvalue weighted by Gasteiger charge is 2.21. The average Bonchev–Trinajstić information content (AvgIpc) is 3.28. The minimum absolute atomic E-state index is 0.166. The van der Waals surface area contributed by atoms with Crippen molar-refractivity contribution in [3.8, 4) is 11.5 Å². The summed E-state index contributed by atoms with van der Waals surface area (Å²) in [7, 11) is 0. The molecule has 1 N–H and O–H groups in total. The van der Waals surface area contributed by atoms with E-state index < -0.39 is 11.9 Å². The van der Waals surface area contributed by atoms with Gasteiger partial charge >= 0.3 is 0 Å². The lowest BCUT2D eigenvalue weighted by atomic mass is 10.1. The Morgan fingerprint density at radius 3 is 2.81 bits per heavy atom. The van der Waals surface area contributed by atoms with Crippen LogP contribution in [0.4, 0.5) is 4.39 Å². The fourth-order valence-electron chi connectivity index (χ4n) is 3.05. The first-order valence-electron chi connectivity index (χ1n) is 8.59. The summed E-state index contributed by atoms with van der Waals surface area (Å²) < 4.78 is 17.6. The molecule has 1 unspecified atom stereocenters. The SMILES string of the molecule is CCC(O)c1c(Cn2ccnc2-c2ncccc2F)ncn2c(C)nnc12. The van der Waals surface area contributed by atoms with Crippen LogP contribution in [0, 0.1) is 12.7 Å². The zero-order valence-corrected chi connectivity index (χ0v) is 14.9. The Morgan fingerprint density at radius 1 is 1.19 bits per heavy atom. The van der Waals surface area contributed by atoms with Crippen LogP contribution in [0.3, 0.4) is 0 Å². The van der Waals surface area contributed by atoms with Crippen molar-refractivity contribution in [2.75, 3.05) is 0 Å². The molecule has 0 fully saturated rings. The molecule has 0 amide bonds. The largest absolute Gasteiger partial charge is 0.388 e. The molecule has 0 aliphatic carbocycles. The molecule has 0 aliphatic heterocycles. The third-order valence-electron chi connectivity index (χ3n) is 4.47. The summed E-state index contributed by atoms with van der Waals surface area (Å²) in [6, 6.07) is 2.88. The van der Waals surface area contributed by atoms with Crippen molar-refractivity contribution in [1.29, 1.82) is 0 Å². The van der Waals surface area contributed by atoms with E-state index in [4.69, 9.17) is 0 Å². The lowest BCUT2D eigenvalue weighted by molar-refractivity contribution is 0.173. The molecule has 0 aliphatic rings. The Morgan fingerprint density at radius 2 is 2.04 bits per heavy atom. The van der Waals surface area contributed by atoms with E-state index in [1.165, 1.54) is 18.3 Å². The van der Waals surface area contributed by atoms with Crippen molar-refractivity contribution in [1.82, 2.24) is 34.1 Å². The molecule has 0 aromatic carbocycles. The predicted molar refractivity (Wildman–Crippen MR) is 95.3 cm³/mol. The van der Waals surface area contributed by atoms with Crippen LogP contribution in [0.1, 0.15) is 36.5 Å².